The number of benzene rings is 1. The summed E-state index contributed by atoms with van der Waals surface area (Å²) in [4.78, 5) is 46.8. The van der Waals surface area contributed by atoms with Crippen LogP contribution >= 0.6 is 0 Å². The molecule has 0 spiro atoms. The van der Waals surface area contributed by atoms with E-state index in [9.17, 15) is 36.3 Å². The first-order chi connectivity index (χ1) is 20.8. The van der Waals surface area contributed by atoms with E-state index in [-0.39, 0.29) is 39.8 Å². The van der Waals surface area contributed by atoms with Crippen molar-refractivity contribution in [2.75, 3.05) is 10.6 Å². The molecule has 1 aromatic carbocycles. The van der Waals surface area contributed by atoms with Crippen molar-refractivity contribution in [3.63, 3.8) is 0 Å². The predicted molar refractivity (Wildman–Crippen MR) is 150 cm³/mol. The number of carbonyl (C=O) groups is 2. The summed E-state index contributed by atoms with van der Waals surface area (Å²) < 4.78 is 68.4. The Balaban J connectivity index is 1.58. The smallest absolute Gasteiger partial charge is 0.323 e. The number of nitrogens with zero attached hydrogens (tertiary/aromatic N) is 5. The van der Waals surface area contributed by atoms with E-state index < -0.39 is 36.2 Å². The Morgan fingerprint density at radius 3 is 2.57 bits per heavy atom. The standard InChI is InChI=1S/C29H26F5N7O3/c1-15-6-7-19(39-27(44)29(32,33)34)18(10-15)20-12-24(42)40(14-36-20)23-5-3-4-16(2)26(43)38-22-13-37-41(28(30)31)25(22)17-8-9-35-21(23)11-17/h6-14,16,23,28H,3-5H2,1-2H3,(H,38,43)(H,39,44)/t16-,23+/m1/s1. The summed E-state index contributed by atoms with van der Waals surface area (Å²) in [5.74, 6) is -3.04. The Morgan fingerprint density at radius 2 is 1.86 bits per heavy atom. The predicted octanol–water partition coefficient (Wildman–Crippen LogP) is 5.72. The van der Waals surface area contributed by atoms with Gasteiger partial charge in [0.25, 0.3) is 5.56 Å². The minimum absolute atomic E-state index is 0.0260. The molecule has 3 aromatic heterocycles. The molecule has 1 aliphatic rings. The zero-order valence-corrected chi connectivity index (χ0v) is 23.4. The maximum Gasteiger partial charge on any atom is 0.471 e. The molecule has 4 aromatic rings. The van der Waals surface area contributed by atoms with Crippen molar-refractivity contribution in [3.05, 3.63) is 76.7 Å². The summed E-state index contributed by atoms with van der Waals surface area (Å²) in [5.41, 5.74) is 0.750. The lowest BCUT2D eigenvalue weighted by Gasteiger charge is -2.22. The first kappa shape index (κ1) is 30.5. The molecule has 0 aliphatic carbocycles. The van der Waals surface area contributed by atoms with Gasteiger partial charge < -0.3 is 10.6 Å². The van der Waals surface area contributed by atoms with Gasteiger partial charge in [0, 0.05) is 29.3 Å². The number of carbonyl (C=O) groups excluding carboxylic acids is 2. The zero-order chi connectivity index (χ0) is 31.8. The van der Waals surface area contributed by atoms with Gasteiger partial charge in [-0.15, -0.1) is 0 Å². The number of halogens is 5. The Morgan fingerprint density at radius 1 is 1.09 bits per heavy atom. The normalized spacial score (nSPS) is 17.3. The SMILES string of the molecule is Cc1ccc(NC(=O)C(F)(F)F)c(-c2cc(=O)n([C@H]3CCC[C@@H](C)C(=O)Nc4cnn(C(F)F)c4-c4ccnc3c4)cn2)c1. The highest BCUT2D eigenvalue weighted by atomic mass is 19.4. The molecule has 2 atom stereocenters. The Hall–Kier alpha value is -4.95. The summed E-state index contributed by atoms with van der Waals surface area (Å²) in [5, 5.41) is 8.27. The number of hydrogen-bond donors (Lipinski definition) is 2. The van der Waals surface area contributed by atoms with Crippen LogP contribution in [0, 0.1) is 12.8 Å². The lowest BCUT2D eigenvalue weighted by molar-refractivity contribution is -0.167. The van der Waals surface area contributed by atoms with Crippen LogP contribution in [0.15, 0.2) is 59.9 Å². The van der Waals surface area contributed by atoms with Crippen molar-refractivity contribution < 1.29 is 31.5 Å². The molecule has 230 valence electrons. The van der Waals surface area contributed by atoms with Crippen molar-refractivity contribution in [3.8, 4) is 22.5 Å². The molecule has 0 radical (unpaired) electrons. The molecule has 5 rings (SSSR count). The maximum atomic E-state index is 13.9. The van der Waals surface area contributed by atoms with Crippen LogP contribution in [0.2, 0.25) is 0 Å². The number of pyridine rings is 1. The molecule has 2 amide bonds. The zero-order valence-electron chi connectivity index (χ0n) is 23.4. The molecule has 0 saturated carbocycles. The van der Waals surface area contributed by atoms with Gasteiger partial charge in [0.05, 0.1) is 47.0 Å². The molecule has 44 heavy (non-hydrogen) atoms. The Bertz CT molecular complexity index is 1780. The number of aromatic nitrogens is 5. The van der Waals surface area contributed by atoms with Crippen molar-refractivity contribution in [1.29, 1.82) is 0 Å². The van der Waals surface area contributed by atoms with Crippen LogP contribution in [-0.4, -0.2) is 42.3 Å². The third kappa shape index (κ3) is 6.21. The van der Waals surface area contributed by atoms with Crippen LogP contribution in [0.3, 0.4) is 0 Å². The van der Waals surface area contributed by atoms with Crippen LogP contribution < -0.4 is 16.2 Å². The second-order valence-corrected chi connectivity index (χ2v) is 10.5. The largest absolute Gasteiger partial charge is 0.471 e. The van der Waals surface area contributed by atoms with Gasteiger partial charge in [-0.1, -0.05) is 25.0 Å². The number of amides is 2. The summed E-state index contributed by atoms with van der Waals surface area (Å²) >= 11 is 0. The van der Waals surface area contributed by atoms with Crippen molar-refractivity contribution >= 4 is 23.2 Å². The number of nitrogens with one attached hydrogen (secondary N) is 2. The number of fused-ring (bicyclic) bond motifs is 4. The highest BCUT2D eigenvalue weighted by Gasteiger charge is 2.39. The number of rotatable bonds is 4. The molecule has 0 saturated heterocycles. The summed E-state index contributed by atoms with van der Waals surface area (Å²) in [6.07, 6.45) is -0.131. The third-order valence-electron chi connectivity index (χ3n) is 7.32. The second kappa shape index (κ2) is 12.0. The van der Waals surface area contributed by atoms with E-state index in [2.05, 4.69) is 20.4 Å². The molecule has 0 unspecified atom stereocenters. The van der Waals surface area contributed by atoms with Gasteiger partial charge in [-0.05, 0) is 44.0 Å². The van der Waals surface area contributed by atoms with Crippen molar-refractivity contribution in [2.24, 2.45) is 5.92 Å². The number of alkyl halides is 5. The number of hydrogen-bond acceptors (Lipinski definition) is 6. The van der Waals surface area contributed by atoms with E-state index in [1.807, 2.05) is 5.32 Å². The Kier molecular flexibility index (Phi) is 8.30. The molecule has 2 N–H and O–H groups in total. The van der Waals surface area contributed by atoms with Crippen molar-refractivity contribution in [2.45, 2.75) is 51.9 Å². The quantitative estimate of drug-likeness (QED) is 0.283. The lowest BCUT2D eigenvalue weighted by Crippen LogP contribution is -2.30. The molecule has 1 aliphatic heterocycles. The van der Waals surface area contributed by atoms with E-state index in [1.165, 1.54) is 47.4 Å². The van der Waals surface area contributed by atoms with E-state index >= 15 is 0 Å². The third-order valence-corrected chi connectivity index (χ3v) is 7.32. The van der Waals surface area contributed by atoms with E-state index in [4.69, 9.17) is 0 Å². The lowest BCUT2D eigenvalue weighted by atomic mass is 9.97. The van der Waals surface area contributed by atoms with Crippen LogP contribution in [0.25, 0.3) is 22.5 Å². The number of aryl methyl sites for hydroxylation is 1. The van der Waals surface area contributed by atoms with Gasteiger partial charge >= 0.3 is 18.6 Å². The first-order valence-electron chi connectivity index (χ1n) is 13.5. The minimum atomic E-state index is -5.12. The summed E-state index contributed by atoms with van der Waals surface area (Å²) in [6.45, 7) is 0.390. The first-order valence-corrected chi connectivity index (χ1v) is 13.5. The van der Waals surface area contributed by atoms with E-state index in [0.717, 1.165) is 12.3 Å². The fraction of sp³-hybridized carbons (Fsp3) is 0.310. The van der Waals surface area contributed by atoms with E-state index in [1.54, 1.807) is 13.8 Å². The van der Waals surface area contributed by atoms with Gasteiger partial charge in [-0.25, -0.2) is 9.67 Å². The van der Waals surface area contributed by atoms with E-state index in [0.29, 0.717) is 35.2 Å². The van der Waals surface area contributed by atoms with Gasteiger partial charge in [0.1, 0.15) is 0 Å². The minimum Gasteiger partial charge on any atom is -0.323 e. The van der Waals surface area contributed by atoms with Gasteiger partial charge in [0.15, 0.2) is 0 Å². The highest BCUT2D eigenvalue weighted by Crippen LogP contribution is 2.35. The topological polar surface area (TPSA) is 124 Å². The Labute approximate surface area is 246 Å². The fourth-order valence-electron chi connectivity index (χ4n) is 5.06. The second-order valence-electron chi connectivity index (χ2n) is 10.5. The highest BCUT2D eigenvalue weighted by molar-refractivity contribution is 5.98. The molecule has 15 heteroatoms. The van der Waals surface area contributed by atoms with Gasteiger partial charge in [-0.2, -0.15) is 27.1 Å². The van der Waals surface area contributed by atoms with Crippen LogP contribution in [0.4, 0.5) is 33.3 Å². The average molecular weight is 616 g/mol. The molecular formula is C29H26F5N7O3. The fourth-order valence-corrected chi connectivity index (χ4v) is 5.06. The summed E-state index contributed by atoms with van der Waals surface area (Å²) in [7, 11) is 0. The van der Waals surface area contributed by atoms with Crippen molar-refractivity contribution in [1.82, 2.24) is 24.3 Å². The monoisotopic (exact) mass is 615 g/mol. The van der Waals surface area contributed by atoms with Crippen LogP contribution in [0.5, 0.6) is 0 Å². The van der Waals surface area contributed by atoms with Gasteiger partial charge in [0.2, 0.25) is 5.91 Å². The van der Waals surface area contributed by atoms with Gasteiger partial charge in [-0.3, -0.25) is 23.9 Å². The molecule has 2 bridgehead atoms. The molecule has 0 fully saturated rings. The number of anilines is 2. The summed E-state index contributed by atoms with van der Waals surface area (Å²) in [6, 6.07) is 7.72. The molecule has 10 nitrogen and oxygen atoms in total. The van der Waals surface area contributed by atoms with Crippen LogP contribution in [0.1, 0.15) is 50.0 Å². The maximum absolute atomic E-state index is 13.9. The molecule has 4 heterocycles. The molecular weight excluding hydrogens is 589 g/mol. The average Bonchev–Trinajstić information content (AvgIpc) is 3.39. The van der Waals surface area contributed by atoms with Crippen LogP contribution in [-0.2, 0) is 9.59 Å².